The van der Waals surface area contributed by atoms with Crippen LogP contribution in [-0.4, -0.2) is 85.0 Å². The second-order valence-corrected chi connectivity index (χ2v) is 18.2. The van der Waals surface area contributed by atoms with Gasteiger partial charge in [-0.1, -0.05) is 61.1 Å². The van der Waals surface area contributed by atoms with Crippen LogP contribution in [0.1, 0.15) is 135 Å². The third-order valence-electron chi connectivity index (χ3n) is 15.2. The molecule has 0 aromatic rings. The third kappa shape index (κ3) is 7.16. The highest BCUT2D eigenvalue weighted by molar-refractivity contribution is 5.91. The van der Waals surface area contributed by atoms with Gasteiger partial charge in [-0.3, -0.25) is 9.59 Å². The zero-order valence-electron chi connectivity index (χ0n) is 35.0. The summed E-state index contributed by atoms with van der Waals surface area (Å²) in [6, 6.07) is 0. The van der Waals surface area contributed by atoms with E-state index in [4.69, 9.17) is 23.7 Å². The Morgan fingerprint density at radius 1 is 0.981 bits per heavy atom. The Labute approximate surface area is 322 Å². The summed E-state index contributed by atoms with van der Waals surface area (Å²) in [7, 11) is 1.51. The number of fused-ring (bicyclic) bond motifs is 4. The largest absolute Gasteiger partial charge is 0.491 e. The van der Waals surface area contributed by atoms with E-state index < -0.39 is 18.0 Å². The molecule has 0 bridgehead atoms. The summed E-state index contributed by atoms with van der Waals surface area (Å²) < 4.78 is 30.8. The molecule has 2 heterocycles. The maximum atomic E-state index is 13.1. The fourth-order valence-corrected chi connectivity index (χ4v) is 13.1. The van der Waals surface area contributed by atoms with Crippen molar-refractivity contribution < 1.29 is 39.8 Å². The van der Waals surface area contributed by atoms with Gasteiger partial charge in [0.25, 0.3) is 5.91 Å². The Balaban J connectivity index is 0.00000126. The molecule has 1 amide bonds. The lowest BCUT2D eigenvalue weighted by molar-refractivity contribution is -0.244. The summed E-state index contributed by atoms with van der Waals surface area (Å²) in [5.41, 5.74) is -0.0768. The standard InChI is InChI=1S/C40H61NO8.2C2H6.H2/c1-9-10-29(45-8)35(43)41-19-20-46-33(22-41)49-32-15-16-40-23-39(40)18-17-38(7)26-11-13-28(34(37(5,6)44)47-24(2)42)48-30(26)21-27(38)25(39)12-14-31(40)36(32,3)4;2*1-2;/h9-10,25-28,30-34,44H,1,11-23H2,2-8H3;2*1-2H3;1H/b29-10-;;;/t25?,26?,27?,28?,30?,31?,32-,33?,34-,38+,39-,40+;;;/m0.../s1. The molecule has 9 nitrogen and oxygen atoms in total. The molecule has 0 aromatic heterocycles. The zero-order chi connectivity index (χ0) is 39.1. The number of methoxy groups -OCH3 is 1. The maximum Gasteiger partial charge on any atom is 0.303 e. The number of carbonyl (C=O) groups is 2. The van der Waals surface area contributed by atoms with Crippen molar-refractivity contribution in [1.82, 2.24) is 4.90 Å². The molecule has 2 spiro atoms. The molecule has 304 valence electrons. The van der Waals surface area contributed by atoms with Gasteiger partial charge in [0.15, 0.2) is 18.2 Å². The summed E-state index contributed by atoms with van der Waals surface area (Å²) in [4.78, 5) is 26.8. The van der Waals surface area contributed by atoms with Crippen LogP contribution in [-0.2, 0) is 33.3 Å². The van der Waals surface area contributed by atoms with Crippen LogP contribution in [0.25, 0.3) is 0 Å². The smallest absolute Gasteiger partial charge is 0.303 e. The number of ether oxygens (including phenoxy) is 5. The van der Waals surface area contributed by atoms with E-state index in [0.717, 1.165) is 31.6 Å². The molecular weight excluding hydrogens is 670 g/mol. The highest BCUT2D eigenvalue weighted by atomic mass is 16.7. The van der Waals surface area contributed by atoms with Crippen LogP contribution in [0.4, 0.5) is 0 Å². The Morgan fingerprint density at radius 2 is 1.68 bits per heavy atom. The van der Waals surface area contributed by atoms with E-state index in [0.29, 0.717) is 48.3 Å². The molecule has 7 rings (SSSR count). The average molecular weight is 746 g/mol. The highest BCUT2D eigenvalue weighted by Crippen LogP contribution is 2.87. The number of nitrogens with zero attached hydrogens (tertiary/aromatic N) is 1. The number of esters is 1. The normalized spacial score (nSPS) is 41.5. The van der Waals surface area contributed by atoms with Crippen LogP contribution in [0.3, 0.4) is 0 Å². The second-order valence-electron chi connectivity index (χ2n) is 18.2. The number of amides is 1. The lowest BCUT2D eigenvalue weighted by Crippen LogP contribution is -2.56. The Bertz CT molecular complexity index is 1360. The van der Waals surface area contributed by atoms with Crippen molar-refractivity contribution >= 4 is 11.9 Å². The minimum absolute atomic E-state index is 0. The van der Waals surface area contributed by atoms with Gasteiger partial charge in [-0.25, -0.2) is 0 Å². The van der Waals surface area contributed by atoms with Crippen molar-refractivity contribution in [3.05, 3.63) is 24.5 Å². The number of rotatable bonds is 8. The zero-order valence-corrected chi connectivity index (χ0v) is 35.0. The Kier molecular flexibility index (Phi) is 12.7. The molecule has 9 heteroatoms. The van der Waals surface area contributed by atoms with Crippen LogP contribution >= 0.6 is 0 Å². The molecule has 7 unspecified atom stereocenters. The first kappa shape index (κ1) is 42.2. The van der Waals surface area contributed by atoms with Gasteiger partial charge in [0.05, 0.1) is 44.2 Å². The van der Waals surface area contributed by atoms with E-state index in [1.165, 1.54) is 52.6 Å². The molecule has 0 radical (unpaired) electrons. The SMILES string of the molecule is C=C/C=C(\OC)C(=O)N1CCOC(O[C@H]2CC[C@]34C[C@]35CC[C@]3(C)C6CCC([C@H](OC(C)=O)C(C)(C)O)OC6CC3C5CCC4C2(C)C)C1.CC.CC.[HH]. The van der Waals surface area contributed by atoms with Crippen LogP contribution in [0.15, 0.2) is 24.5 Å². The van der Waals surface area contributed by atoms with Gasteiger partial charge in [0.1, 0.15) is 0 Å². The molecule has 5 saturated carbocycles. The molecule has 7 aliphatic rings. The summed E-state index contributed by atoms with van der Waals surface area (Å²) in [6.45, 7) is 25.4. The molecule has 2 saturated heterocycles. The van der Waals surface area contributed by atoms with Crippen molar-refractivity contribution in [3.63, 3.8) is 0 Å². The number of allylic oxidation sites excluding steroid dienone is 2. The topological polar surface area (TPSA) is 104 Å². The van der Waals surface area contributed by atoms with Crippen molar-refractivity contribution in [1.29, 1.82) is 0 Å². The van der Waals surface area contributed by atoms with E-state index in [9.17, 15) is 14.7 Å². The van der Waals surface area contributed by atoms with Gasteiger partial charge in [0, 0.05) is 14.9 Å². The van der Waals surface area contributed by atoms with Crippen LogP contribution in [0.2, 0.25) is 0 Å². The predicted octanol–water partition coefficient (Wildman–Crippen LogP) is 8.48. The molecule has 2 aliphatic heterocycles. The monoisotopic (exact) mass is 746 g/mol. The lowest BCUT2D eigenvalue weighted by Gasteiger charge is -2.60. The first-order valence-electron chi connectivity index (χ1n) is 21.1. The molecule has 12 atom stereocenters. The third-order valence-corrected chi connectivity index (χ3v) is 15.2. The summed E-state index contributed by atoms with van der Waals surface area (Å²) in [5.74, 6) is 2.26. The van der Waals surface area contributed by atoms with E-state index in [-0.39, 0.29) is 48.2 Å². The molecule has 7 fully saturated rings. The van der Waals surface area contributed by atoms with Crippen molar-refractivity contribution in [3.8, 4) is 0 Å². The predicted molar refractivity (Wildman–Crippen MR) is 209 cm³/mol. The summed E-state index contributed by atoms with van der Waals surface area (Å²) in [5, 5.41) is 10.9. The van der Waals surface area contributed by atoms with Crippen LogP contribution in [0.5, 0.6) is 0 Å². The van der Waals surface area contributed by atoms with Crippen molar-refractivity contribution in [2.45, 2.75) is 170 Å². The average Bonchev–Trinajstić information content (AvgIpc) is 3.71. The Hall–Kier alpha value is -1.94. The first-order chi connectivity index (χ1) is 25.1. The first-order valence-corrected chi connectivity index (χ1v) is 21.1. The summed E-state index contributed by atoms with van der Waals surface area (Å²) >= 11 is 0. The lowest BCUT2D eigenvalue weighted by atomic mass is 9.46. The minimum atomic E-state index is -1.16. The van der Waals surface area contributed by atoms with Gasteiger partial charge in [-0.05, 0) is 129 Å². The molecule has 0 aromatic carbocycles. The van der Waals surface area contributed by atoms with Gasteiger partial charge < -0.3 is 33.7 Å². The number of morpholine rings is 1. The minimum Gasteiger partial charge on any atom is -0.491 e. The van der Waals surface area contributed by atoms with E-state index in [1.54, 1.807) is 30.9 Å². The highest BCUT2D eigenvalue weighted by Gasteiger charge is 2.80. The molecule has 5 aliphatic carbocycles. The molecular formula is C44H75NO8. The number of carbonyl (C=O) groups excluding carboxylic acids is 2. The van der Waals surface area contributed by atoms with Crippen molar-refractivity contribution in [2.24, 2.45) is 45.3 Å². The molecule has 1 N–H and O–H groups in total. The van der Waals surface area contributed by atoms with E-state index >= 15 is 0 Å². The summed E-state index contributed by atoms with van der Waals surface area (Å²) in [6.07, 6.45) is 13.7. The number of hydrogen-bond acceptors (Lipinski definition) is 8. The quantitative estimate of drug-likeness (QED) is 0.114. The van der Waals surface area contributed by atoms with Crippen LogP contribution < -0.4 is 0 Å². The van der Waals surface area contributed by atoms with Gasteiger partial charge in [-0.2, -0.15) is 0 Å². The van der Waals surface area contributed by atoms with E-state index in [1.807, 2.05) is 27.7 Å². The fourth-order valence-electron chi connectivity index (χ4n) is 13.1. The van der Waals surface area contributed by atoms with E-state index in [2.05, 4.69) is 27.4 Å². The molecule has 53 heavy (non-hydrogen) atoms. The second kappa shape index (κ2) is 15.9. The fraction of sp³-hybridized carbons (Fsp3) is 0.864. The number of hydrogen-bond donors (Lipinski definition) is 1. The number of aliphatic hydroxyl groups is 1. The maximum absolute atomic E-state index is 13.1. The van der Waals surface area contributed by atoms with Gasteiger partial charge in [0.2, 0.25) is 0 Å². The van der Waals surface area contributed by atoms with Crippen LogP contribution in [0, 0.1) is 45.3 Å². The van der Waals surface area contributed by atoms with Gasteiger partial charge >= 0.3 is 5.97 Å². The Morgan fingerprint density at radius 3 is 2.32 bits per heavy atom. The van der Waals surface area contributed by atoms with Crippen molar-refractivity contribution in [2.75, 3.05) is 26.8 Å². The van der Waals surface area contributed by atoms with Gasteiger partial charge in [-0.15, -0.1) is 0 Å².